The molecule has 130 valence electrons. The lowest BCUT2D eigenvalue weighted by atomic mass is 10.0. The summed E-state index contributed by atoms with van der Waals surface area (Å²) in [5, 5.41) is 5.08. The Labute approximate surface area is 148 Å². The van der Waals surface area contributed by atoms with E-state index in [0.29, 0.717) is 23.7 Å². The monoisotopic (exact) mass is 349 g/mol. The molecule has 0 radical (unpaired) electrons. The summed E-state index contributed by atoms with van der Waals surface area (Å²) in [6.45, 7) is 5.39. The summed E-state index contributed by atoms with van der Waals surface area (Å²) in [4.78, 5) is 14.5. The van der Waals surface area contributed by atoms with Crippen LogP contribution in [0.3, 0.4) is 0 Å². The van der Waals surface area contributed by atoms with Crippen molar-refractivity contribution < 1.29 is 9.53 Å². The van der Waals surface area contributed by atoms with E-state index in [1.54, 1.807) is 29.9 Å². The molecule has 1 aromatic carbocycles. The third-order valence-corrected chi connectivity index (χ3v) is 4.06. The maximum Gasteiger partial charge on any atom is 0.257 e. The molecule has 0 spiro atoms. The van der Waals surface area contributed by atoms with Crippen LogP contribution in [0.1, 0.15) is 42.2 Å². The summed E-state index contributed by atoms with van der Waals surface area (Å²) in [6, 6.07) is 7.47. The van der Waals surface area contributed by atoms with E-state index >= 15 is 0 Å². The van der Waals surface area contributed by atoms with Crippen LogP contribution in [0.15, 0.2) is 30.5 Å². The topological polar surface area (TPSA) is 47.4 Å². The van der Waals surface area contributed by atoms with E-state index in [-0.39, 0.29) is 11.8 Å². The number of methoxy groups -OCH3 is 1. The maximum absolute atomic E-state index is 12.8. The molecule has 0 aliphatic carbocycles. The molecule has 0 fully saturated rings. The van der Waals surface area contributed by atoms with E-state index < -0.39 is 0 Å². The third-order valence-electron chi connectivity index (χ3n) is 3.83. The van der Waals surface area contributed by atoms with Crippen molar-refractivity contribution in [3.8, 4) is 5.69 Å². The normalized spacial score (nSPS) is 11.1. The Balaban J connectivity index is 2.33. The second kappa shape index (κ2) is 8.31. The SMILES string of the molecule is COCCCN(C)C(=O)c1cnn(-c2cccc(Cl)c2)c1C(C)C. The zero-order chi connectivity index (χ0) is 17.7. The second-order valence-corrected chi connectivity index (χ2v) is 6.50. The standard InChI is InChI=1S/C18H24ClN3O2/c1-13(2)17-16(18(23)21(3)9-6-10-24-4)12-20-22(17)15-8-5-7-14(19)11-15/h5,7-8,11-13H,6,9-10H2,1-4H3. The number of benzene rings is 1. The van der Waals surface area contributed by atoms with Crippen LogP contribution in [0.2, 0.25) is 5.02 Å². The highest BCUT2D eigenvalue weighted by molar-refractivity contribution is 6.30. The van der Waals surface area contributed by atoms with E-state index in [0.717, 1.165) is 17.8 Å². The molecule has 24 heavy (non-hydrogen) atoms. The number of amides is 1. The van der Waals surface area contributed by atoms with Gasteiger partial charge in [-0.2, -0.15) is 5.10 Å². The molecule has 1 heterocycles. The van der Waals surface area contributed by atoms with E-state index in [1.807, 2.05) is 24.3 Å². The van der Waals surface area contributed by atoms with Crippen LogP contribution in [-0.2, 0) is 4.74 Å². The van der Waals surface area contributed by atoms with Crippen LogP contribution >= 0.6 is 11.6 Å². The van der Waals surface area contributed by atoms with Crippen molar-refractivity contribution in [3.63, 3.8) is 0 Å². The first-order valence-electron chi connectivity index (χ1n) is 8.04. The number of aromatic nitrogens is 2. The predicted octanol–water partition coefficient (Wildman–Crippen LogP) is 3.76. The van der Waals surface area contributed by atoms with E-state index in [2.05, 4.69) is 18.9 Å². The number of nitrogens with zero attached hydrogens (tertiary/aromatic N) is 3. The van der Waals surface area contributed by atoms with Gasteiger partial charge in [-0.3, -0.25) is 4.79 Å². The molecular formula is C18H24ClN3O2. The fourth-order valence-corrected chi connectivity index (χ4v) is 2.83. The first-order valence-corrected chi connectivity index (χ1v) is 8.41. The van der Waals surface area contributed by atoms with Crippen LogP contribution in [-0.4, -0.2) is 47.9 Å². The number of ether oxygens (including phenoxy) is 1. The molecule has 5 nitrogen and oxygen atoms in total. The Kier molecular flexibility index (Phi) is 6.40. The Hall–Kier alpha value is -1.85. The van der Waals surface area contributed by atoms with Crippen molar-refractivity contribution in [1.82, 2.24) is 14.7 Å². The van der Waals surface area contributed by atoms with Crippen LogP contribution in [0.4, 0.5) is 0 Å². The van der Waals surface area contributed by atoms with Gasteiger partial charge in [0, 0.05) is 32.3 Å². The highest BCUT2D eigenvalue weighted by Gasteiger charge is 2.23. The molecule has 0 N–H and O–H groups in total. The van der Waals surface area contributed by atoms with Crippen molar-refractivity contribution in [2.75, 3.05) is 27.3 Å². The van der Waals surface area contributed by atoms with Crippen molar-refractivity contribution in [2.45, 2.75) is 26.2 Å². The number of carbonyl (C=O) groups excluding carboxylic acids is 1. The maximum atomic E-state index is 12.8. The van der Waals surface area contributed by atoms with E-state index in [9.17, 15) is 4.79 Å². The molecule has 0 bridgehead atoms. The van der Waals surface area contributed by atoms with Crippen molar-refractivity contribution in [1.29, 1.82) is 0 Å². The summed E-state index contributed by atoms with van der Waals surface area (Å²) in [7, 11) is 3.46. The lowest BCUT2D eigenvalue weighted by molar-refractivity contribution is 0.0778. The molecule has 0 saturated carbocycles. The largest absolute Gasteiger partial charge is 0.385 e. The first-order chi connectivity index (χ1) is 11.5. The fourth-order valence-electron chi connectivity index (χ4n) is 2.65. The van der Waals surface area contributed by atoms with Gasteiger partial charge in [0.15, 0.2) is 0 Å². The molecular weight excluding hydrogens is 326 g/mol. The molecule has 0 aliphatic heterocycles. The Bertz CT molecular complexity index is 697. The Morgan fingerprint density at radius 1 is 1.42 bits per heavy atom. The molecule has 2 rings (SSSR count). The molecule has 0 unspecified atom stereocenters. The van der Waals surface area contributed by atoms with Gasteiger partial charge in [-0.05, 0) is 30.5 Å². The lowest BCUT2D eigenvalue weighted by Gasteiger charge is -2.18. The first kappa shape index (κ1) is 18.5. The zero-order valence-electron chi connectivity index (χ0n) is 14.6. The molecule has 1 aromatic heterocycles. The van der Waals surface area contributed by atoms with Gasteiger partial charge in [0.1, 0.15) is 0 Å². The lowest BCUT2D eigenvalue weighted by Crippen LogP contribution is -2.29. The van der Waals surface area contributed by atoms with E-state index in [4.69, 9.17) is 16.3 Å². The van der Waals surface area contributed by atoms with Gasteiger partial charge in [-0.1, -0.05) is 31.5 Å². The fraction of sp³-hybridized carbons (Fsp3) is 0.444. The molecule has 0 aliphatic rings. The quantitative estimate of drug-likeness (QED) is 0.715. The van der Waals surface area contributed by atoms with Crippen molar-refractivity contribution >= 4 is 17.5 Å². The summed E-state index contributed by atoms with van der Waals surface area (Å²) < 4.78 is 6.84. The van der Waals surface area contributed by atoms with Gasteiger partial charge in [-0.25, -0.2) is 4.68 Å². The average Bonchev–Trinajstić information content (AvgIpc) is 2.99. The minimum atomic E-state index is -0.0249. The van der Waals surface area contributed by atoms with Crippen molar-refractivity contribution in [2.24, 2.45) is 0 Å². The zero-order valence-corrected chi connectivity index (χ0v) is 15.4. The van der Waals surface area contributed by atoms with Gasteiger partial charge in [0.05, 0.1) is 23.1 Å². The number of hydrogen-bond acceptors (Lipinski definition) is 3. The minimum Gasteiger partial charge on any atom is -0.385 e. The number of halogens is 1. The van der Waals surface area contributed by atoms with Gasteiger partial charge in [0.2, 0.25) is 0 Å². The van der Waals surface area contributed by atoms with Crippen LogP contribution in [0.25, 0.3) is 5.69 Å². The molecule has 2 aromatic rings. The predicted molar refractivity (Wildman–Crippen MR) is 96.1 cm³/mol. The summed E-state index contributed by atoms with van der Waals surface area (Å²) in [5.41, 5.74) is 2.37. The molecule has 6 heteroatoms. The van der Waals surface area contributed by atoms with Gasteiger partial charge in [0.25, 0.3) is 5.91 Å². The number of rotatable bonds is 7. The van der Waals surface area contributed by atoms with Crippen LogP contribution < -0.4 is 0 Å². The second-order valence-electron chi connectivity index (χ2n) is 6.06. The highest BCUT2D eigenvalue weighted by atomic mass is 35.5. The molecule has 1 amide bonds. The highest BCUT2D eigenvalue weighted by Crippen LogP contribution is 2.25. The van der Waals surface area contributed by atoms with Gasteiger partial charge in [-0.15, -0.1) is 0 Å². The summed E-state index contributed by atoms with van der Waals surface area (Å²) in [6.07, 6.45) is 2.45. The van der Waals surface area contributed by atoms with E-state index in [1.165, 1.54) is 0 Å². The Morgan fingerprint density at radius 2 is 2.17 bits per heavy atom. The number of hydrogen-bond donors (Lipinski definition) is 0. The smallest absolute Gasteiger partial charge is 0.257 e. The van der Waals surface area contributed by atoms with Gasteiger partial charge >= 0.3 is 0 Å². The van der Waals surface area contributed by atoms with Crippen molar-refractivity contribution in [3.05, 3.63) is 46.7 Å². The van der Waals surface area contributed by atoms with Gasteiger partial charge < -0.3 is 9.64 Å². The number of carbonyl (C=O) groups is 1. The third kappa shape index (κ3) is 4.16. The summed E-state index contributed by atoms with van der Waals surface area (Å²) in [5.74, 6) is 0.126. The average molecular weight is 350 g/mol. The Morgan fingerprint density at radius 3 is 2.79 bits per heavy atom. The molecule has 0 atom stereocenters. The molecule has 0 saturated heterocycles. The van der Waals surface area contributed by atoms with Crippen LogP contribution in [0.5, 0.6) is 0 Å². The summed E-state index contributed by atoms with van der Waals surface area (Å²) >= 11 is 6.09. The van der Waals surface area contributed by atoms with Crippen LogP contribution in [0, 0.1) is 0 Å². The minimum absolute atomic E-state index is 0.0249.